The molecule has 0 aliphatic heterocycles. The highest BCUT2D eigenvalue weighted by atomic mass is 16.5. The van der Waals surface area contributed by atoms with Gasteiger partial charge in [0.2, 0.25) is 0 Å². The molecule has 32 heavy (non-hydrogen) atoms. The average Bonchev–Trinajstić information content (AvgIpc) is 2.69. The van der Waals surface area contributed by atoms with E-state index in [0.29, 0.717) is 31.6 Å². The normalized spacial score (nSPS) is 32.7. The molecule has 0 radical (unpaired) electrons. The van der Waals surface area contributed by atoms with Crippen molar-refractivity contribution in [1.29, 1.82) is 0 Å². The molecule has 0 saturated heterocycles. The van der Waals surface area contributed by atoms with Gasteiger partial charge in [-0.2, -0.15) is 0 Å². The summed E-state index contributed by atoms with van der Waals surface area (Å²) in [7, 11) is 0. The Bertz CT molecular complexity index is 673. The van der Waals surface area contributed by atoms with Crippen LogP contribution in [0.5, 0.6) is 0 Å². The first-order chi connectivity index (χ1) is 14.9. The lowest BCUT2D eigenvalue weighted by molar-refractivity contribution is -0.176. The number of rotatable bonds is 10. The molecule has 2 fully saturated rings. The number of Topliss-reactive ketones (excluding diaryl/α,β-unsaturated/α-hetero) is 1. The van der Waals surface area contributed by atoms with Crippen LogP contribution in [0.2, 0.25) is 0 Å². The van der Waals surface area contributed by atoms with Crippen molar-refractivity contribution in [3.63, 3.8) is 0 Å². The van der Waals surface area contributed by atoms with Crippen molar-refractivity contribution in [3.8, 4) is 0 Å². The number of hydrogen-bond donors (Lipinski definition) is 3. The number of carboxylic acids is 1. The molecule has 0 aromatic heterocycles. The second-order valence-corrected chi connectivity index (χ2v) is 10.8. The van der Waals surface area contributed by atoms with E-state index in [1.165, 1.54) is 0 Å². The number of fused-ring (bicyclic) bond motifs is 1. The summed E-state index contributed by atoms with van der Waals surface area (Å²) in [6.45, 7) is 9.80. The van der Waals surface area contributed by atoms with Gasteiger partial charge in [-0.3, -0.25) is 14.4 Å². The number of carbonyl (C=O) groups excluding carboxylic acids is 2. The molecule has 0 aromatic carbocycles. The van der Waals surface area contributed by atoms with Crippen LogP contribution in [0.1, 0.15) is 86.0 Å². The van der Waals surface area contributed by atoms with Crippen LogP contribution in [0.15, 0.2) is 0 Å². The molecule has 2 rings (SSSR count). The van der Waals surface area contributed by atoms with E-state index < -0.39 is 23.6 Å². The summed E-state index contributed by atoms with van der Waals surface area (Å²) < 4.78 is 6.07. The number of carboxylic acid groups (broad SMARTS) is 1. The zero-order chi connectivity index (χ0) is 24.2. The lowest BCUT2D eigenvalue weighted by Gasteiger charge is -2.49. The van der Waals surface area contributed by atoms with E-state index in [2.05, 4.69) is 6.92 Å². The van der Waals surface area contributed by atoms with Gasteiger partial charge in [-0.15, -0.1) is 0 Å². The molecule has 7 nitrogen and oxygen atoms in total. The lowest BCUT2D eigenvalue weighted by atomic mass is 9.57. The maximum Gasteiger partial charge on any atom is 0.311 e. The fraction of sp³-hybridized carbons (Fsp3) is 0.880. The number of aliphatic hydroxyl groups is 2. The lowest BCUT2D eigenvalue weighted by Crippen LogP contribution is -2.52. The van der Waals surface area contributed by atoms with E-state index in [1.807, 2.05) is 27.7 Å². The topological polar surface area (TPSA) is 121 Å². The molecule has 8 atom stereocenters. The Morgan fingerprint density at radius 2 is 1.81 bits per heavy atom. The van der Waals surface area contributed by atoms with Gasteiger partial charge in [0.1, 0.15) is 11.9 Å². The van der Waals surface area contributed by atoms with Crippen molar-refractivity contribution >= 4 is 17.7 Å². The summed E-state index contributed by atoms with van der Waals surface area (Å²) in [4.78, 5) is 36.6. The summed E-state index contributed by atoms with van der Waals surface area (Å²) in [5.74, 6) is -0.932. The highest BCUT2D eigenvalue weighted by Gasteiger charge is 2.51. The van der Waals surface area contributed by atoms with Crippen molar-refractivity contribution in [1.82, 2.24) is 0 Å². The first-order valence-corrected chi connectivity index (χ1v) is 12.2. The number of aliphatic carboxylic acids is 1. The van der Waals surface area contributed by atoms with E-state index in [-0.39, 0.29) is 54.4 Å². The van der Waals surface area contributed by atoms with Crippen molar-refractivity contribution in [3.05, 3.63) is 0 Å². The predicted molar refractivity (Wildman–Crippen MR) is 120 cm³/mol. The van der Waals surface area contributed by atoms with Crippen LogP contribution in [-0.4, -0.2) is 51.4 Å². The summed E-state index contributed by atoms with van der Waals surface area (Å²) in [6.07, 6.45) is 1.42. The Kier molecular flexibility index (Phi) is 9.29. The number of esters is 1. The Balaban J connectivity index is 2.15. The van der Waals surface area contributed by atoms with Crippen LogP contribution in [0.25, 0.3) is 0 Å². The number of ether oxygens (including phenoxy) is 1. The fourth-order valence-electron chi connectivity index (χ4n) is 5.53. The molecular formula is C25H42O7. The Morgan fingerprint density at radius 1 is 1.16 bits per heavy atom. The number of hydrogen-bond acceptors (Lipinski definition) is 6. The monoisotopic (exact) mass is 454 g/mol. The minimum atomic E-state index is -1.09. The molecule has 7 heteroatoms. The van der Waals surface area contributed by atoms with Crippen LogP contribution in [0, 0.1) is 35.0 Å². The molecule has 0 amide bonds. The largest absolute Gasteiger partial charge is 0.481 e. The van der Waals surface area contributed by atoms with Gasteiger partial charge in [-0.25, -0.2) is 0 Å². The third kappa shape index (κ3) is 6.53. The zero-order valence-electron chi connectivity index (χ0n) is 20.3. The SMILES string of the molecule is CCC(C)(C)C(=O)O[C@H]1C[C@H](C)C(=O)[C@@H]2CC[C@H](C)[C@H](CC[C@@H](O)C[C@@H](O)CC(=O)O)[C@@H]12. The Hall–Kier alpha value is -1.47. The minimum absolute atomic E-state index is 0.0144. The molecule has 2 aliphatic carbocycles. The maximum atomic E-state index is 13.0. The molecule has 0 bridgehead atoms. The van der Waals surface area contributed by atoms with Gasteiger partial charge in [0.25, 0.3) is 0 Å². The number of aliphatic hydroxyl groups excluding tert-OH is 2. The molecule has 2 saturated carbocycles. The van der Waals surface area contributed by atoms with Gasteiger partial charge >= 0.3 is 11.9 Å². The molecule has 0 spiro atoms. The van der Waals surface area contributed by atoms with Gasteiger partial charge < -0.3 is 20.1 Å². The van der Waals surface area contributed by atoms with Crippen LogP contribution < -0.4 is 0 Å². The van der Waals surface area contributed by atoms with Crippen molar-refractivity contribution in [2.75, 3.05) is 0 Å². The van der Waals surface area contributed by atoms with E-state index in [1.54, 1.807) is 0 Å². The highest BCUT2D eigenvalue weighted by molar-refractivity contribution is 5.85. The van der Waals surface area contributed by atoms with Crippen LogP contribution >= 0.6 is 0 Å². The van der Waals surface area contributed by atoms with E-state index in [9.17, 15) is 24.6 Å². The molecule has 0 unspecified atom stereocenters. The first kappa shape index (κ1) is 26.8. The zero-order valence-corrected chi connectivity index (χ0v) is 20.3. The standard InChI is InChI=1S/C25H42O7/c1-6-25(4,5)24(31)32-20-11-15(3)23(30)19-9-7-14(2)18(22(19)20)10-8-16(26)12-17(27)13-21(28)29/h14-20,22,26-27H,6-13H2,1-5H3,(H,28,29)/t14-,15-,16+,17+,18-,19+,20-,22+/m0/s1. The van der Waals surface area contributed by atoms with Gasteiger partial charge in [-0.1, -0.05) is 20.8 Å². The average molecular weight is 455 g/mol. The highest BCUT2D eigenvalue weighted by Crippen LogP contribution is 2.49. The van der Waals surface area contributed by atoms with Crippen molar-refractivity contribution < 1.29 is 34.4 Å². The van der Waals surface area contributed by atoms with Gasteiger partial charge in [0, 0.05) is 17.8 Å². The van der Waals surface area contributed by atoms with Gasteiger partial charge in [-0.05, 0) is 70.6 Å². The number of ketones is 1. The maximum absolute atomic E-state index is 13.0. The second-order valence-electron chi connectivity index (χ2n) is 10.8. The molecule has 0 heterocycles. The third-order valence-electron chi connectivity index (χ3n) is 7.97. The third-order valence-corrected chi connectivity index (χ3v) is 7.97. The van der Waals surface area contributed by atoms with Crippen molar-refractivity contribution in [2.24, 2.45) is 35.0 Å². The molecule has 2 aliphatic rings. The van der Waals surface area contributed by atoms with Crippen LogP contribution in [-0.2, 0) is 19.1 Å². The molecule has 184 valence electrons. The number of carbonyl (C=O) groups is 3. The summed E-state index contributed by atoms with van der Waals surface area (Å²) in [5, 5.41) is 29.0. The minimum Gasteiger partial charge on any atom is -0.481 e. The molecule has 3 N–H and O–H groups in total. The van der Waals surface area contributed by atoms with E-state index >= 15 is 0 Å². The predicted octanol–water partition coefficient (Wildman–Crippen LogP) is 3.59. The smallest absolute Gasteiger partial charge is 0.311 e. The summed E-state index contributed by atoms with van der Waals surface area (Å²) in [5.41, 5.74) is -0.577. The van der Waals surface area contributed by atoms with Gasteiger partial charge in [0.15, 0.2) is 0 Å². The quantitative estimate of drug-likeness (QED) is 0.431. The summed E-state index contributed by atoms with van der Waals surface area (Å²) in [6, 6.07) is 0. The Labute approximate surface area is 191 Å². The van der Waals surface area contributed by atoms with Crippen molar-refractivity contribution in [2.45, 2.75) is 104 Å². The molecule has 0 aromatic rings. The van der Waals surface area contributed by atoms with E-state index in [4.69, 9.17) is 9.84 Å². The van der Waals surface area contributed by atoms with Crippen LogP contribution in [0.3, 0.4) is 0 Å². The fourth-order valence-corrected chi connectivity index (χ4v) is 5.53. The molecular weight excluding hydrogens is 412 g/mol. The van der Waals surface area contributed by atoms with Crippen LogP contribution in [0.4, 0.5) is 0 Å². The second kappa shape index (κ2) is 11.1. The first-order valence-electron chi connectivity index (χ1n) is 12.2. The van der Waals surface area contributed by atoms with Gasteiger partial charge in [0.05, 0.1) is 24.0 Å². The van der Waals surface area contributed by atoms with E-state index in [0.717, 1.165) is 12.8 Å². The Morgan fingerprint density at radius 3 is 2.41 bits per heavy atom. The summed E-state index contributed by atoms with van der Waals surface area (Å²) >= 11 is 0.